The number of carbonyl (C=O) groups excluding carboxylic acids is 1. The van der Waals surface area contributed by atoms with Gasteiger partial charge in [-0.2, -0.15) is 13.2 Å². The van der Waals surface area contributed by atoms with Gasteiger partial charge in [0.25, 0.3) is 0 Å². The Labute approximate surface area is 130 Å². The zero-order valence-corrected chi connectivity index (χ0v) is 12.3. The van der Waals surface area contributed by atoms with Gasteiger partial charge in [-0.15, -0.1) is 11.6 Å². The molecule has 1 unspecified atom stereocenters. The van der Waals surface area contributed by atoms with Crippen molar-refractivity contribution < 1.29 is 22.7 Å². The summed E-state index contributed by atoms with van der Waals surface area (Å²) in [6.45, 7) is 0. The van der Waals surface area contributed by atoms with Crippen molar-refractivity contribution in [1.82, 2.24) is 0 Å². The first-order valence-corrected chi connectivity index (χ1v) is 6.76. The lowest BCUT2D eigenvalue weighted by Gasteiger charge is -2.14. The molecule has 0 fully saturated rings. The van der Waals surface area contributed by atoms with Crippen molar-refractivity contribution >= 4 is 17.4 Å². The number of methoxy groups -OCH3 is 1. The van der Waals surface area contributed by atoms with Crippen molar-refractivity contribution in [3.05, 3.63) is 65.2 Å². The van der Waals surface area contributed by atoms with Gasteiger partial charge < -0.3 is 4.74 Å². The predicted molar refractivity (Wildman–Crippen MR) is 77.4 cm³/mol. The highest BCUT2D eigenvalue weighted by Crippen LogP contribution is 2.35. The van der Waals surface area contributed by atoms with Crippen molar-refractivity contribution in [2.24, 2.45) is 0 Å². The number of halogens is 4. The van der Waals surface area contributed by atoms with Crippen LogP contribution in [0.25, 0.3) is 0 Å². The molecule has 0 radical (unpaired) electrons. The summed E-state index contributed by atoms with van der Waals surface area (Å²) in [5, 5.41) is -1.08. The Morgan fingerprint density at radius 2 is 1.77 bits per heavy atom. The average Bonchev–Trinajstić information content (AvgIpc) is 2.52. The van der Waals surface area contributed by atoms with Crippen LogP contribution in [0.3, 0.4) is 0 Å². The van der Waals surface area contributed by atoms with Crippen molar-refractivity contribution in [1.29, 1.82) is 0 Å². The Morgan fingerprint density at radius 3 is 2.32 bits per heavy atom. The van der Waals surface area contributed by atoms with Gasteiger partial charge in [0.1, 0.15) is 11.1 Å². The van der Waals surface area contributed by atoms with E-state index in [-0.39, 0.29) is 11.3 Å². The Hall–Kier alpha value is -2.01. The van der Waals surface area contributed by atoms with Crippen molar-refractivity contribution in [2.75, 3.05) is 7.11 Å². The third-order valence-corrected chi connectivity index (χ3v) is 3.56. The maximum Gasteiger partial charge on any atom is 0.416 e. The fraction of sp³-hybridized carbons (Fsp3) is 0.188. The van der Waals surface area contributed by atoms with E-state index in [1.54, 1.807) is 30.3 Å². The smallest absolute Gasteiger partial charge is 0.416 e. The fourth-order valence-electron chi connectivity index (χ4n) is 1.99. The predicted octanol–water partition coefficient (Wildman–Crippen LogP) is 4.88. The topological polar surface area (TPSA) is 26.3 Å². The second-order valence-electron chi connectivity index (χ2n) is 4.55. The summed E-state index contributed by atoms with van der Waals surface area (Å²) in [5.41, 5.74) is -0.608. The number of Topliss-reactive ketones (excluding diaryl/α,β-unsaturated/α-hetero) is 1. The molecule has 0 bridgehead atoms. The van der Waals surface area contributed by atoms with E-state index < -0.39 is 22.9 Å². The SMILES string of the molecule is COc1ccc(C(F)(F)F)cc1C(=O)C(Cl)c1ccccc1. The number of ether oxygens (including phenoxy) is 1. The summed E-state index contributed by atoms with van der Waals surface area (Å²) in [6, 6.07) is 11.2. The molecule has 2 rings (SSSR count). The largest absolute Gasteiger partial charge is 0.496 e. The van der Waals surface area contributed by atoms with Gasteiger partial charge >= 0.3 is 6.18 Å². The zero-order valence-electron chi connectivity index (χ0n) is 11.5. The van der Waals surface area contributed by atoms with Crippen LogP contribution in [0, 0.1) is 0 Å². The Balaban J connectivity index is 2.44. The molecule has 6 heteroatoms. The molecule has 0 aromatic heterocycles. The highest BCUT2D eigenvalue weighted by Gasteiger charge is 2.33. The van der Waals surface area contributed by atoms with E-state index in [0.29, 0.717) is 5.56 Å². The van der Waals surface area contributed by atoms with Crippen LogP contribution in [0.5, 0.6) is 5.75 Å². The summed E-state index contributed by atoms with van der Waals surface area (Å²) >= 11 is 6.10. The third-order valence-electron chi connectivity index (χ3n) is 3.11. The molecule has 1 atom stereocenters. The minimum absolute atomic E-state index is 0.0552. The van der Waals surface area contributed by atoms with Crippen molar-refractivity contribution in [3.8, 4) is 5.75 Å². The average molecular weight is 329 g/mol. The summed E-state index contributed by atoms with van der Waals surface area (Å²) in [4.78, 5) is 12.4. The first-order valence-electron chi connectivity index (χ1n) is 6.33. The number of hydrogen-bond acceptors (Lipinski definition) is 2. The third kappa shape index (κ3) is 3.42. The molecule has 0 aliphatic heterocycles. The molecule has 0 aliphatic carbocycles. The van der Waals surface area contributed by atoms with Crippen molar-refractivity contribution in [3.63, 3.8) is 0 Å². The lowest BCUT2D eigenvalue weighted by atomic mass is 9.99. The van der Waals surface area contributed by atoms with Crippen LogP contribution >= 0.6 is 11.6 Å². The van der Waals surface area contributed by atoms with Gasteiger partial charge in [0.15, 0.2) is 5.78 Å². The molecule has 0 saturated carbocycles. The molecule has 116 valence electrons. The molecule has 22 heavy (non-hydrogen) atoms. The fourth-order valence-corrected chi connectivity index (χ4v) is 2.25. The molecule has 2 nitrogen and oxygen atoms in total. The second kappa shape index (κ2) is 6.40. The molecule has 0 heterocycles. The molecule has 2 aromatic carbocycles. The monoisotopic (exact) mass is 328 g/mol. The Bertz CT molecular complexity index is 669. The van der Waals surface area contributed by atoms with Gasteiger partial charge in [0, 0.05) is 0 Å². The summed E-state index contributed by atoms with van der Waals surface area (Å²) in [5.74, 6) is -0.588. The van der Waals surface area contributed by atoms with E-state index in [9.17, 15) is 18.0 Å². The van der Waals surface area contributed by atoms with Gasteiger partial charge in [-0.3, -0.25) is 4.79 Å². The van der Waals surface area contributed by atoms with Crippen LogP contribution in [0.1, 0.15) is 26.9 Å². The number of carbonyl (C=O) groups is 1. The number of rotatable bonds is 4. The van der Waals surface area contributed by atoms with Gasteiger partial charge in [0.05, 0.1) is 18.2 Å². The highest BCUT2D eigenvalue weighted by atomic mass is 35.5. The maximum atomic E-state index is 12.8. The van der Waals surface area contributed by atoms with Gasteiger partial charge in [-0.05, 0) is 23.8 Å². The van der Waals surface area contributed by atoms with E-state index in [1.807, 2.05) is 0 Å². The van der Waals surface area contributed by atoms with Gasteiger partial charge in [0.2, 0.25) is 0 Å². The number of ketones is 1. The lowest BCUT2D eigenvalue weighted by molar-refractivity contribution is -0.137. The van der Waals surface area contributed by atoms with Crippen LogP contribution in [0.15, 0.2) is 48.5 Å². The lowest BCUT2D eigenvalue weighted by Crippen LogP contribution is -2.12. The number of hydrogen-bond donors (Lipinski definition) is 0. The first kappa shape index (κ1) is 16.4. The Kier molecular flexibility index (Phi) is 4.76. The van der Waals surface area contributed by atoms with Crippen LogP contribution < -0.4 is 4.74 Å². The minimum atomic E-state index is -4.55. The molecular formula is C16H12ClF3O2. The van der Waals surface area contributed by atoms with Crippen molar-refractivity contribution in [2.45, 2.75) is 11.6 Å². The molecular weight excluding hydrogens is 317 g/mol. The molecule has 2 aromatic rings. The summed E-state index contributed by atoms with van der Waals surface area (Å²) < 4.78 is 43.4. The first-order chi connectivity index (χ1) is 10.3. The molecule has 0 N–H and O–H groups in total. The van der Waals surface area contributed by atoms with Crippen LogP contribution in [0.4, 0.5) is 13.2 Å². The van der Waals surface area contributed by atoms with Crippen LogP contribution in [-0.4, -0.2) is 12.9 Å². The van der Waals surface area contributed by atoms with Gasteiger partial charge in [-0.25, -0.2) is 0 Å². The van der Waals surface area contributed by atoms with Gasteiger partial charge in [-0.1, -0.05) is 30.3 Å². The number of benzene rings is 2. The molecule has 0 amide bonds. The second-order valence-corrected chi connectivity index (χ2v) is 4.99. The highest BCUT2D eigenvalue weighted by molar-refractivity contribution is 6.34. The molecule has 0 aliphatic rings. The summed E-state index contributed by atoms with van der Waals surface area (Å²) in [6.07, 6.45) is -4.55. The Morgan fingerprint density at radius 1 is 1.14 bits per heavy atom. The standard InChI is InChI=1S/C16H12ClF3O2/c1-22-13-8-7-11(16(18,19)20)9-12(13)15(21)14(17)10-5-3-2-4-6-10/h2-9,14H,1H3. The van der Waals surface area contributed by atoms with E-state index in [0.717, 1.165) is 18.2 Å². The van der Waals surface area contributed by atoms with E-state index in [2.05, 4.69) is 0 Å². The maximum absolute atomic E-state index is 12.8. The minimum Gasteiger partial charge on any atom is -0.496 e. The normalized spacial score (nSPS) is 12.8. The number of alkyl halides is 4. The quantitative estimate of drug-likeness (QED) is 0.591. The van der Waals surface area contributed by atoms with E-state index in [4.69, 9.17) is 16.3 Å². The van der Waals surface area contributed by atoms with E-state index >= 15 is 0 Å². The zero-order chi connectivity index (χ0) is 16.3. The van der Waals surface area contributed by atoms with Crippen LogP contribution in [0.2, 0.25) is 0 Å². The molecule has 0 spiro atoms. The van der Waals surface area contributed by atoms with E-state index in [1.165, 1.54) is 7.11 Å². The van der Waals surface area contributed by atoms with Crippen LogP contribution in [-0.2, 0) is 6.18 Å². The summed E-state index contributed by atoms with van der Waals surface area (Å²) in [7, 11) is 1.28. The molecule has 0 saturated heterocycles.